The number of ether oxygens (including phenoxy) is 1. The minimum absolute atomic E-state index is 0.0222. The van der Waals surface area contributed by atoms with Gasteiger partial charge in [-0.25, -0.2) is 0 Å². The van der Waals surface area contributed by atoms with Gasteiger partial charge in [0, 0.05) is 6.42 Å². The predicted octanol–water partition coefficient (Wildman–Crippen LogP) is 0.691. The molecule has 1 rings (SSSR count). The number of hydrogen-bond acceptors (Lipinski definition) is 4. The number of nitrogens with one attached hydrogen (secondary N) is 2. The zero-order valence-electron chi connectivity index (χ0n) is 11.3. The highest BCUT2D eigenvalue weighted by Gasteiger charge is 2.22. The molecule has 0 spiro atoms. The maximum absolute atomic E-state index is 11.7. The summed E-state index contributed by atoms with van der Waals surface area (Å²) < 4.78 is 4.75. The number of esters is 1. The molecular formula is C13H24N2O3. The van der Waals surface area contributed by atoms with E-state index in [-0.39, 0.29) is 18.4 Å². The van der Waals surface area contributed by atoms with Crippen LogP contribution in [0.3, 0.4) is 0 Å². The molecule has 0 aromatic carbocycles. The first-order valence-electron chi connectivity index (χ1n) is 6.76. The summed E-state index contributed by atoms with van der Waals surface area (Å²) in [5.41, 5.74) is 0. The van der Waals surface area contributed by atoms with Crippen molar-refractivity contribution in [2.24, 2.45) is 11.8 Å². The first kappa shape index (κ1) is 15.0. The van der Waals surface area contributed by atoms with E-state index >= 15 is 0 Å². The van der Waals surface area contributed by atoms with E-state index in [2.05, 4.69) is 17.6 Å². The first-order chi connectivity index (χ1) is 8.63. The van der Waals surface area contributed by atoms with Crippen LogP contribution in [0, 0.1) is 11.8 Å². The molecule has 0 aromatic rings. The summed E-state index contributed by atoms with van der Waals surface area (Å²) in [7, 11) is 0. The van der Waals surface area contributed by atoms with Gasteiger partial charge in [0.15, 0.2) is 0 Å². The third-order valence-electron chi connectivity index (χ3n) is 3.43. The lowest BCUT2D eigenvalue weighted by Crippen LogP contribution is -2.35. The van der Waals surface area contributed by atoms with Gasteiger partial charge in [-0.2, -0.15) is 0 Å². The molecular weight excluding hydrogens is 232 g/mol. The van der Waals surface area contributed by atoms with Gasteiger partial charge in [-0.05, 0) is 44.7 Å². The Kier molecular flexibility index (Phi) is 6.72. The van der Waals surface area contributed by atoms with Gasteiger partial charge in [0.05, 0.1) is 6.61 Å². The fraction of sp³-hybridized carbons (Fsp3) is 0.846. The van der Waals surface area contributed by atoms with Gasteiger partial charge in [-0.1, -0.05) is 6.92 Å². The van der Waals surface area contributed by atoms with Crippen LogP contribution in [-0.4, -0.2) is 38.1 Å². The van der Waals surface area contributed by atoms with E-state index in [0.717, 1.165) is 25.9 Å². The molecule has 1 heterocycles. The minimum atomic E-state index is -0.375. The Balaban J connectivity index is 2.20. The fourth-order valence-corrected chi connectivity index (χ4v) is 2.33. The van der Waals surface area contributed by atoms with Gasteiger partial charge >= 0.3 is 5.97 Å². The Morgan fingerprint density at radius 3 is 2.67 bits per heavy atom. The second-order valence-corrected chi connectivity index (χ2v) is 4.85. The Bertz CT molecular complexity index is 275. The zero-order chi connectivity index (χ0) is 13.4. The van der Waals surface area contributed by atoms with Crippen molar-refractivity contribution in [1.82, 2.24) is 10.6 Å². The number of hydrogen-bond donors (Lipinski definition) is 2. The summed E-state index contributed by atoms with van der Waals surface area (Å²) >= 11 is 0. The SMILES string of the molecule is CCOC(=O)CNC(=O)CC(C)C1CCNCC1. The summed E-state index contributed by atoms with van der Waals surface area (Å²) in [5.74, 6) is 0.545. The summed E-state index contributed by atoms with van der Waals surface area (Å²) in [6, 6.07) is 0. The lowest BCUT2D eigenvalue weighted by Gasteiger charge is -2.27. The fourth-order valence-electron chi connectivity index (χ4n) is 2.33. The minimum Gasteiger partial charge on any atom is -0.465 e. The number of rotatable bonds is 6. The van der Waals surface area contributed by atoms with Crippen LogP contribution < -0.4 is 10.6 Å². The van der Waals surface area contributed by atoms with Crippen LogP contribution in [0.2, 0.25) is 0 Å². The molecule has 104 valence electrons. The molecule has 18 heavy (non-hydrogen) atoms. The average Bonchev–Trinajstić information content (AvgIpc) is 2.38. The van der Waals surface area contributed by atoms with E-state index < -0.39 is 0 Å². The average molecular weight is 256 g/mol. The van der Waals surface area contributed by atoms with Crippen molar-refractivity contribution in [2.75, 3.05) is 26.2 Å². The second kappa shape index (κ2) is 8.08. The lowest BCUT2D eigenvalue weighted by atomic mass is 9.84. The molecule has 1 amide bonds. The molecule has 5 heteroatoms. The highest BCUT2D eigenvalue weighted by atomic mass is 16.5. The summed E-state index contributed by atoms with van der Waals surface area (Å²) in [4.78, 5) is 22.8. The number of carbonyl (C=O) groups is 2. The van der Waals surface area contributed by atoms with Crippen molar-refractivity contribution in [3.63, 3.8) is 0 Å². The van der Waals surface area contributed by atoms with Gasteiger partial charge < -0.3 is 15.4 Å². The molecule has 1 atom stereocenters. The van der Waals surface area contributed by atoms with Gasteiger partial charge in [-0.15, -0.1) is 0 Å². The van der Waals surface area contributed by atoms with E-state index in [1.807, 2.05) is 0 Å². The maximum Gasteiger partial charge on any atom is 0.325 e. The summed E-state index contributed by atoms with van der Waals surface area (Å²) in [6.45, 7) is 6.27. The molecule has 1 unspecified atom stereocenters. The van der Waals surface area contributed by atoms with Crippen LogP contribution in [0.15, 0.2) is 0 Å². The lowest BCUT2D eigenvalue weighted by molar-refractivity contribution is -0.143. The Morgan fingerprint density at radius 2 is 2.06 bits per heavy atom. The van der Waals surface area contributed by atoms with Crippen LogP contribution in [0.25, 0.3) is 0 Å². The normalized spacial score (nSPS) is 18.1. The van der Waals surface area contributed by atoms with Crippen molar-refractivity contribution in [3.05, 3.63) is 0 Å². The molecule has 0 aromatic heterocycles. The summed E-state index contributed by atoms with van der Waals surface area (Å²) in [6.07, 6.45) is 2.75. The number of amides is 1. The van der Waals surface area contributed by atoms with Crippen LogP contribution >= 0.6 is 0 Å². The van der Waals surface area contributed by atoms with Gasteiger partial charge in [-0.3, -0.25) is 9.59 Å². The quantitative estimate of drug-likeness (QED) is 0.686. The van der Waals surface area contributed by atoms with Crippen LogP contribution in [-0.2, 0) is 14.3 Å². The van der Waals surface area contributed by atoms with E-state index in [4.69, 9.17) is 4.74 Å². The maximum atomic E-state index is 11.7. The highest BCUT2D eigenvalue weighted by molar-refractivity contribution is 5.81. The molecule has 1 aliphatic rings. The first-order valence-corrected chi connectivity index (χ1v) is 6.76. The van der Waals surface area contributed by atoms with Gasteiger partial charge in [0.1, 0.15) is 6.54 Å². The molecule has 5 nitrogen and oxygen atoms in total. The molecule has 0 aliphatic carbocycles. The Labute approximate surface area is 109 Å². The van der Waals surface area contributed by atoms with Crippen molar-refractivity contribution >= 4 is 11.9 Å². The van der Waals surface area contributed by atoms with E-state index in [0.29, 0.717) is 24.9 Å². The predicted molar refractivity (Wildman–Crippen MR) is 69.0 cm³/mol. The van der Waals surface area contributed by atoms with Crippen molar-refractivity contribution in [3.8, 4) is 0 Å². The standard InChI is InChI=1S/C13H24N2O3/c1-3-18-13(17)9-15-12(16)8-10(2)11-4-6-14-7-5-11/h10-11,14H,3-9H2,1-2H3,(H,15,16). The molecule has 0 radical (unpaired) electrons. The molecule has 0 saturated carbocycles. The van der Waals surface area contributed by atoms with Gasteiger partial charge in [0.2, 0.25) is 5.91 Å². The van der Waals surface area contributed by atoms with Crippen molar-refractivity contribution in [1.29, 1.82) is 0 Å². The van der Waals surface area contributed by atoms with Crippen molar-refractivity contribution < 1.29 is 14.3 Å². The molecule has 0 bridgehead atoms. The zero-order valence-corrected chi connectivity index (χ0v) is 11.3. The smallest absolute Gasteiger partial charge is 0.325 e. The monoisotopic (exact) mass is 256 g/mol. The highest BCUT2D eigenvalue weighted by Crippen LogP contribution is 2.23. The second-order valence-electron chi connectivity index (χ2n) is 4.85. The Hall–Kier alpha value is -1.10. The third-order valence-corrected chi connectivity index (χ3v) is 3.43. The number of piperidine rings is 1. The van der Waals surface area contributed by atoms with E-state index in [1.165, 1.54) is 0 Å². The molecule has 1 aliphatic heterocycles. The Morgan fingerprint density at radius 1 is 1.39 bits per heavy atom. The largest absolute Gasteiger partial charge is 0.465 e. The molecule has 2 N–H and O–H groups in total. The molecule has 1 saturated heterocycles. The van der Waals surface area contributed by atoms with Crippen LogP contribution in [0.1, 0.15) is 33.1 Å². The third kappa shape index (κ3) is 5.49. The number of carbonyl (C=O) groups excluding carboxylic acids is 2. The van der Waals surface area contributed by atoms with Crippen LogP contribution in [0.5, 0.6) is 0 Å². The van der Waals surface area contributed by atoms with Crippen molar-refractivity contribution in [2.45, 2.75) is 33.1 Å². The van der Waals surface area contributed by atoms with Crippen LogP contribution in [0.4, 0.5) is 0 Å². The van der Waals surface area contributed by atoms with E-state index in [9.17, 15) is 9.59 Å². The topological polar surface area (TPSA) is 67.4 Å². The van der Waals surface area contributed by atoms with Gasteiger partial charge in [0.25, 0.3) is 0 Å². The molecule has 1 fully saturated rings. The van der Waals surface area contributed by atoms with E-state index in [1.54, 1.807) is 6.92 Å². The summed E-state index contributed by atoms with van der Waals surface area (Å²) in [5, 5.41) is 5.92.